The summed E-state index contributed by atoms with van der Waals surface area (Å²) in [6, 6.07) is 1.74. The summed E-state index contributed by atoms with van der Waals surface area (Å²) in [6.07, 6.45) is 1.49. The predicted molar refractivity (Wildman–Crippen MR) is 45.7 cm³/mol. The second-order valence-electron chi connectivity index (χ2n) is 2.33. The van der Waals surface area contributed by atoms with Gasteiger partial charge in [-0.1, -0.05) is 5.92 Å². The van der Waals surface area contributed by atoms with Crippen molar-refractivity contribution in [2.75, 3.05) is 7.11 Å². The summed E-state index contributed by atoms with van der Waals surface area (Å²) in [5, 5.41) is 7.44. The molecule has 0 bridgehead atoms. The van der Waals surface area contributed by atoms with E-state index in [9.17, 15) is 4.79 Å². The van der Waals surface area contributed by atoms with Gasteiger partial charge in [0.15, 0.2) is 0 Å². The average Bonchev–Trinajstić information content (AvgIpc) is 2.14. The number of rotatable bonds is 0. The van der Waals surface area contributed by atoms with Gasteiger partial charge in [-0.2, -0.15) is 10.2 Å². The summed E-state index contributed by atoms with van der Waals surface area (Å²) in [5.41, 5.74) is 1.41. The number of hydrogen-bond donors (Lipinski definition) is 0. The molecule has 0 spiro atoms. The van der Waals surface area contributed by atoms with Gasteiger partial charge < -0.3 is 4.74 Å². The molecule has 1 aromatic rings. The van der Waals surface area contributed by atoms with Crippen molar-refractivity contribution >= 4 is 5.97 Å². The number of nitrogens with zero attached hydrogens (tertiary/aromatic N) is 2. The van der Waals surface area contributed by atoms with Crippen LogP contribution in [-0.4, -0.2) is 23.3 Å². The molecule has 0 aliphatic carbocycles. The van der Waals surface area contributed by atoms with E-state index in [2.05, 4.69) is 26.8 Å². The van der Waals surface area contributed by atoms with Gasteiger partial charge in [0.25, 0.3) is 0 Å². The smallest absolute Gasteiger partial charge is 0.384 e. The zero-order chi connectivity index (χ0) is 9.68. The molecule has 0 fully saturated rings. The van der Waals surface area contributed by atoms with E-state index in [0.29, 0.717) is 5.56 Å². The van der Waals surface area contributed by atoms with Crippen LogP contribution in [0.15, 0.2) is 12.3 Å². The second kappa shape index (κ2) is 4.21. The Morgan fingerprint density at radius 2 is 2.38 bits per heavy atom. The fourth-order valence-electron chi connectivity index (χ4n) is 0.716. The average molecular weight is 176 g/mol. The summed E-state index contributed by atoms with van der Waals surface area (Å²) in [4.78, 5) is 10.6. The molecule has 0 unspecified atom stereocenters. The Balaban J connectivity index is 2.83. The molecule has 0 aromatic carbocycles. The Bertz CT molecular complexity index is 377. The number of esters is 1. The number of hydrogen-bond acceptors (Lipinski definition) is 4. The minimum absolute atomic E-state index is 0.561. The summed E-state index contributed by atoms with van der Waals surface area (Å²) in [6.45, 7) is 1.80. The molecule has 1 heterocycles. The van der Waals surface area contributed by atoms with E-state index in [1.807, 2.05) is 0 Å². The minimum atomic E-state index is -0.561. The summed E-state index contributed by atoms with van der Waals surface area (Å²) < 4.78 is 4.35. The predicted octanol–water partition coefficient (Wildman–Crippen LogP) is 0.310. The van der Waals surface area contributed by atoms with Gasteiger partial charge in [0.05, 0.1) is 19.0 Å². The molecule has 4 nitrogen and oxygen atoms in total. The van der Waals surface area contributed by atoms with Crippen LogP contribution >= 0.6 is 0 Å². The van der Waals surface area contributed by atoms with Gasteiger partial charge >= 0.3 is 5.97 Å². The molecule has 0 radical (unpaired) electrons. The highest BCUT2D eigenvalue weighted by Gasteiger charge is 1.92. The third-order valence-electron chi connectivity index (χ3n) is 1.27. The van der Waals surface area contributed by atoms with Crippen LogP contribution in [0.5, 0.6) is 0 Å². The highest BCUT2D eigenvalue weighted by atomic mass is 16.5. The minimum Gasteiger partial charge on any atom is -0.459 e. The molecule has 0 aliphatic rings. The van der Waals surface area contributed by atoms with Crippen molar-refractivity contribution in [1.82, 2.24) is 10.2 Å². The van der Waals surface area contributed by atoms with Crippen LogP contribution in [0.25, 0.3) is 0 Å². The maximum Gasteiger partial charge on any atom is 0.384 e. The molecule has 1 aromatic heterocycles. The lowest BCUT2D eigenvalue weighted by molar-refractivity contribution is -0.133. The lowest BCUT2D eigenvalue weighted by Gasteiger charge is -1.89. The topological polar surface area (TPSA) is 52.1 Å². The molecule has 0 aliphatic heterocycles. The summed E-state index contributed by atoms with van der Waals surface area (Å²) >= 11 is 0. The van der Waals surface area contributed by atoms with Gasteiger partial charge in [-0.05, 0) is 13.0 Å². The molecular formula is C9H8N2O2. The molecule has 66 valence electrons. The molecule has 0 amide bonds. The zero-order valence-corrected chi connectivity index (χ0v) is 7.37. The molecule has 4 heteroatoms. The Labute approximate surface area is 75.9 Å². The number of methoxy groups -OCH3 is 1. The monoisotopic (exact) mass is 176 g/mol. The third kappa shape index (κ3) is 2.91. The largest absolute Gasteiger partial charge is 0.459 e. The van der Waals surface area contributed by atoms with E-state index in [0.717, 1.165) is 5.69 Å². The van der Waals surface area contributed by atoms with Crippen molar-refractivity contribution < 1.29 is 9.53 Å². The molecule has 0 saturated carbocycles. The van der Waals surface area contributed by atoms with Crippen LogP contribution in [0.1, 0.15) is 11.3 Å². The number of carbonyl (C=O) groups excluding carboxylic acids is 1. The van der Waals surface area contributed by atoms with Crippen LogP contribution in [-0.2, 0) is 9.53 Å². The van der Waals surface area contributed by atoms with E-state index in [-0.39, 0.29) is 0 Å². The fourth-order valence-corrected chi connectivity index (χ4v) is 0.716. The van der Waals surface area contributed by atoms with Crippen molar-refractivity contribution in [3.8, 4) is 11.8 Å². The van der Waals surface area contributed by atoms with Crippen molar-refractivity contribution in [3.63, 3.8) is 0 Å². The van der Waals surface area contributed by atoms with E-state index < -0.39 is 5.97 Å². The Kier molecular flexibility index (Phi) is 2.98. The van der Waals surface area contributed by atoms with Crippen molar-refractivity contribution in [1.29, 1.82) is 0 Å². The van der Waals surface area contributed by atoms with Crippen molar-refractivity contribution in [3.05, 3.63) is 23.5 Å². The van der Waals surface area contributed by atoms with Crippen LogP contribution in [0.3, 0.4) is 0 Å². The first-order valence-corrected chi connectivity index (χ1v) is 3.61. The molecule has 0 N–H and O–H groups in total. The Morgan fingerprint density at radius 1 is 1.62 bits per heavy atom. The number of carbonyl (C=O) groups is 1. The lowest BCUT2D eigenvalue weighted by Crippen LogP contribution is -1.95. The van der Waals surface area contributed by atoms with Crippen molar-refractivity contribution in [2.24, 2.45) is 0 Å². The molecule has 13 heavy (non-hydrogen) atoms. The van der Waals surface area contributed by atoms with Gasteiger partial charge in [0.1, 0.15) is 0 Å². The maximum atomic E-state index is 10.6. The van der Waals surface area contributed by atoms with Gasteiger partial charge in [0, 0.05) is 11.5 Å². The van der Waals surface area contributed by atoms with Gasteiger partial charge in [-0.15, -0.1) is 0 Å². The number of aryl methyl sites for hydroxylation is 1. The van der Waals surface area contributed by atoms with Crippen LogP contribution in [0.2, 0.25) is 0 Å². The second-order valence-corrected chi connectivity index (χ2v) is 2.33. The Morgan fingerprint density at radius 3 is 3.00 bits per heavy atom. The fraction of sp³-hybridized carbons (Fsp3) is 0.222. The van der Waals surface area contributed by atoms with Crippen molar-refractivity contribution in [2.45, 2.75) is 6.92 Å². The normalized spacial score (nSPS) is 8.46. The molecule has 1 rings (SSSR count). The highest BCUT2D eigenvalue weighted by Crippen LogP contribution is 1.95. The number of aromatic nitrogens is 2. The standard InChI is InChI=1S/C9H8N2O2/c1-7-5-8(6-10-11-7)3-4-9(12)13-2/h5-6H,1-2H3. The van der Waals surface area contributed by atoms with E-state index in [1.165, 1.54) is 13.3 Å². The van der Waals surface area contributed by atoms with Gasteiger partial charge in [-0.3, -0.25) is 0 Å². The zero-order valence-electron chi connectivity index (χ0n) is 7.37. The van der Waals surface area contributed by atoms with E-state index in [1.54, 1.807) is 13.0 Å². The summed E-state index contributed by atoms with van der Waals surface area (Å²) in [7, 11) is 1.28. The Hall–Kier alpha value is -1.89. The molecular weight excluding hydrogens is 168 g/mol. The van der Waals surface area contributed by atoms with Gasteiger partial charge in [-0.25, -0.2) is 4.79 Å². The van der Waals surface area contributed by atoms with E-state index in [4.69, 9.17) is 0 Å². The maximum absolute atomic E-state index is 10.6. The molecule has 0 saturated heterocycles. The number of ether oxygens (including phenoxy) is 1. The van der Waals surface area contributed by atoms with Crippen LogP contribution in [0.4, 0.5) is 0 Å². The van der Waals surface area contributed by atoms with E-state index >= 15 is 0 Å². The van der Waals surface area contributed by atoms with Gasteiger partial charge in [0.2, 0.25) is 0 Å². The summed E-state index contributed by atoms with van der Waals surface area (Å²) in [5.74, 6) is 4.35. The first kappa shape index (κ1) is 9.20. The van der Waals surface area contributed by atoms with Crippen LogP contribution in [0, 0.1) is 18.8 Å². The quantitative estimate of drug-likeness (QED) is 0.421. The first-order valence-electron chi connectivity index (χ1n) is 3.61. The highest BCUT2D eigenvalue weighted by molar-refractivity contribution is 5.88. The lowest BCUT2D eigenvalue weighted by atomic mass is 10.3. The SMILES string of the molecule is COC(=O)C#Cc1cnnc(C)c1. The first-order chi connectivity index (χ1) is 6.22. The molecule has 0 atom stereocenters. The van der Waals surface area contributed by atoms with Crippen LogP contribution < -0.4 is 0 Å². The third-order valence-corrected chi connectivity index (χ3v) is 1.27.